The second-order valence-corrected chi connectivity index (χ2v) is 11.0. The zero-order valence-electron chi connectivity index (χ0n) is 25.3. The molecule has 0 unspecified atom stereocenters. The highest BCUT2D eigenvalue weighted by Gasteiger charge is 2.42. The van der Waals surface area contributed by atoms with Gasteiger partial charge in [-0.2, -0.15) is 0 Å². The molecule has 9 heteroatoms. The number of ether oxygens (including phenoxy) is 1. The molecule has 0 bridgehead atoms. The number of anilines is 3. The molecule has 3 amide bonds. The number of rotatable bonds is 9. The maximum absolute atomic E-state index is 14.2. The summed E-state index contributed by atoms with van der Waals surface area (Å²) in [5.41, 5.74) is 10.8. The second kappa shape index (κ2) is 12.5. The number of nitrogens with two attached hydrogens (primary N) is 1. The number of allylic oxidation sites excluding steroid dienone is 1. The van der Waals surface area contributed by atoms with Crippen LogP contribution in [0.3, 0.4) is 0 Å². The SMILES string of the molecule is C/N=C1\C(=C(/C)N)N(c2ccc(Oc3ccccc3)cc2C)C(=O)N1c1cc(C)cc(NC(=O)/C=C/CN(C)C2CC2)c1. The Hall–Kier alpha value is -4.89. The molecule has 0 radical (unpaired) electrons. The fourth-order valence-electron chi connectivity index (χ4n) is 5.21. The van der Waals surface area contributed by atoms with Crippen molar-refractivity contribution in [3.8, 4) is 11.5 Å². The number of carbonyl (C=O) groups is 2. The van der Waals surface area contributed by atoms with Crippen LogP contribution in [0.15, 0.2) is 95.3 Å². The predicted molar refractivity (Wildman–Crippen MR) is 173 cm³/mol. The number of hydrogen-bond acceptors (Lipinski definition) is 6. The Morgan fingerprint density at radius 2 is 1.81 bits per heavy atom. The number of benzene rings is 3. The highest BCUT2D eigenvalue weighted by molar-refractivity contribution is 6.36. The number of carbonyl (C=O) groups excluding carboxylic acids is 2. The number of amides is 3. The van der Waals surface area contributed by atoms with Crippen molar-refractivity contribution in [3.05, 3.63) is 101 Å². The average Bonchev–Trinajstić information content (AvgIpc) is 3.77. The molecule has 9 nitrogen and oxygen atoms in total. The topological polar surface area (TPSA) is 103 Å². The van der Waals surface area contributed by atoms with Crippen LogP contribution in [0.2, 0.25) is 0 Å². The molecule has 2 fully saturated rings. The van der Waals surface area contributed by atoms with Crippen molar-refractivity contribution in [2.24, 2.45) is 10.7 Å². The monoisotopic (exact) mass is 578 g/mol. The number of hydrogen-bond donors (Lipinski definition) is 2. The van der Waals surface area contributed by atoms with Gasteiger partial charge in [0, 0.05) is 37.1 Å². The van der Waals surface area contributed by atoms with E-state index in [1.807, 2.05) is 80.6 Å². The van der Waals surface area contributed by atoms with E-state index in [-0.39, 0.29) is 11.9 Å². The third kappa shape index (κ3) is 6.62. The summed E-state index contributed by atoms with van der Waals surface area (Å²) in [4.78, 5) is 36.7. The number of nitrogens with zero attached hydrogens (tertiary/aromatic N) is 4. The highest BCUT2D eigenvalue weighted by Crippen LogP contribution is 2.38. The van der Waals surface area contributed by atoms with Crippen molar-refractivity contribution in [2.75, 3.05) is 35.8 Å². The number of aliphatic imine (C=N–C) groups is 1. The standard InChI is InChI=1S/C34H38N6O3/c1-22-18-25(37-31(41)12-9-17-38(5)26-13-14-26)21-27(19-22)39-33(36-4)32(24(3)35)40(34(39)42)30-16-15-29(20-23(30)2)43-28-10-7-6-8-11-28/h6-12,15-16,18-21,26H,13-14,17,35H2,1-5H3,(H,37,41)/b12-9+,32-24-,36-33+. The minimum Gasteiger partial charge on any atom is -0.457 e. The van der Waals surface area contributed by atoms with Gasteiger partial charge in [-0.1, -0.05) is 24.3 Å². The van der Waals surface area contributed by atoms with E-state index in [2.05, 4.69) is 22.3 Å². The van der Waals surface area contributed by atoms with Crippen LogP contribution in [0.4, 0.5) is 21.9 Å². The molecule has 5 rings (SSSR count). The fourth-order valence-corrected chi connectivity index (χ4v) is 5.21. The molecule has 222 valence electrons. The molecule has 0 atom stereocenters. The van der Waals surface area contributed by atoms with Gasteiger partial charge >= 0.3 is 6.03 Å². The number of urea groups is 1. The molecule has 0 aromatic heterocycles. The van der Waals surface area contributed by atoms with E-state index in [9.17, 15) is 9.59 Å². The molecule has 1 heterocycles. The van der Waals surface area contributed by atoms with E-state index in [0.717, 1.165) is 23.4 Å². The van der Waals surface area contributed by atoms with E-state index in [1.165, 1.54) is 17.7 Å². The van der Waals surface area contributed by atoms with Crippen molar-refractivity contribution >= 4 is 34.8 Å². The van der Waals surface area contributed by atoms with Crippen LogP contribution < -0.4 is 25.6 Å². The lowest BCUT2D eigenvalue weighted by molar-refractivity contribution is -0.111. The molecular weight excluding hydrogens is 540 g/mol. The molecule has 2 aliphatic rings. The van der Waals surface area contributed by atoms with Crippen LogP contribution in [-0.2, 0) is 4.79 Å². The first kappa shape index (κ1) is 29.6. The quantitative estimate of drug-likeness (QED) is 0.288. The van der Waals surface area contributed by atoms with Crippen LogP contribution in [-0.4, -0.2) is 49.4 Å². The van der Waals surface area contributed by atoms with Gasteiger partial charge in [-0.05, 0) is 100 Å². The molecule has 3 aromatic carbocycles. The third-order valence-corrected chi connectivity index (χ3v) is 7.42. The number of nitrogens with one attached hydrogen (secondary N) is 1. The average molecular weight is 579 g/mol. The van der Waals surface area contributed by atoms with Gasteiger partial charge in [-0.15, -0.1) is 0 Å². The summed E-state index contributed by atoms with van der Waals surface area (Å²) >= 11 is 0. The smallest absolute Gasteiger partial charge is 0.339 e. The molecule has 3 N–H and O–H groups in total. The van der Waals surface area contributed by atoms with Crippen LogP contribution in [0.1, 0.15) is 30.9 Å². The van der Waals surface area contributed by atoms with Crippen molar-refractivity contribution < 1.29 is 14.3 Å². The zero-order chi connectivity index (χ0) is 30.7. The van der Waals surface area contributed by atoms with Crippen molar-refractivity contribution in [1.29, 1.82) is 0 Å². The van der Waals surface area contributed by atoms with Gasteiger partial charge in [-0.3, -0.25) is 19.6 Å². The largest absolute Gasteiger partial charge is 0.457 e. The third-order valence-electron chi connectivity index (χ3n) is 7.42. The lowest BCUT2D eigenvalue weighted by Gasteiger charge is -2.21. The summed E-state index contributed by atoms with van der Waals surface area (Å²) in [6.45, 7) is 6.31. The van der Waals surface area contributed by atoms with Crippen molar-refractivity contribution in [1.82, 2.24) is 4.90 Å². The zero-order valence-corrected chi connectivity index (χ0v) is 25.3. The molecular formula is C34H38N6O3. The summed E-state index contributed by atoms with van der Waals surface area (Å²) < 4.78 is 6.00. The summed E-state index contributed by atoms with van der Waals surface area (Å²) in [6, 6.07) is 20.9. The lowest BCUT2D eigenvalue weighted by Crippen LogP contribution is -2.33. The molecule has 3 aromatic rings. The number of para-hydroxylation sites is 1. The van der Waals surface area contributed by atoms with Crippen molar-refractivity contribution in [3.63, 3.8) is 0 Å². The fraction of sp³-hybridized carbons (Fsp3) is 0.265. The molecule has 43 heavy (non-hydrogen) atoms. The Morgan fingerprint density at radius 3 is 2.47 bits per heavy atom. The van der Waals surface area contributed by atoms with Crippen molar-refractivity contribution in [2.45, 2.75) is 39.7 Å². The van der Waals surface area contributed by atoms with Crippen LogP contribution >= 0.6 is 0 Å². The first-order chi connectivity index (χ1) is 20.7. The van der Waals surface area contributed by atoms with Crippen LogP contribution in [0, 0.1) is 13.8 Å². The maximum Gasteiger partial charge on any atom is 0.339 e. The summed E-state index contributed by atoms with van der Waals surface area (Å²) in [6.07, 6.45) is 5.85. The number of likely N-dealkylation sites (N-methyl/N-ethyl adjacent to an activating group) is 1. The molecule has 1 saturated carbocycles. The maximum atomic E-state index is 14.2. The minimum atomic E-state index is -0.328. The van der Waals surface area contributed by atoms with Crippen LogP contribution in [0.25, 0.3) is 0 Å². The Bertz CT molecular complexity index is 1620. The van der Waals surface area contributed by atoms with Crippen LogP contribution in [0.5, 0.6) is 11.5 Å². The van der Waals surface area contributed by atoms with Gasteiger partial charge in [0.1, 0.15) is 17.2 Å². The van der Waals surface area contributed by atoms with E-state index < -0.39 is 0 Å². The van der Waals surface area contributed by atoms with E-state index in [1.54, 1.807) is 31.0 Å². The van der Waals surface area contributed by atoms with E-state index in [0.29, 0.717) is 46.1 Å². The molecule has 1 saturated heterocycles. The summed E-state index contributed by atoms with van der Waals surface area (Å²) in [7, 11) is 3.70. The van der Waals surface area contributed by atoms with Gasteiger partial charge in [0.25, 0.3) is 0 Å². The van der Waals surface area contributed by atoms with E-state index >= 15 is 0 Å². The van der Waals surface area contributed by atoms with Gasteiger partial charge in [0.2, 0.25) is 5.91 Å². The number of aryl methyl sites for hydroxylation is 2. The van der Waals surface area contributed by atoms with Gasteiger partial charge < -0.3 is 15.8 Å². The van der Waals surface area contributed by atoms with Gasteiger partial charge in [-0.25, -0.2) is 9.69 Å². The second-order valence-electron chi connectivity index (χ2n) is 11.0. The summed E-state index contributed by atoms with van der Waals surface area (Å²) in [5, 5.41) is 2.94. The van der Waals surface area contributed by atoms with Gasteiger partial charge in [0.05, 0.1) is 11.4 Å². The first-order valence-corrected chi connectivity index (χ1v) is 14.4. The minimum absolute atomic E-state index is 0.230. The van der Waals surface area contributed by atoms with E-state index in [4.69, 9.17) is 10.5 Å². The Balaban J connectivity index is 1.42. The molecule has 0 spiro atoms. The number of amidine groups is 1. The predicted octanol–water partition coefficient (Wildman–Crippen LogP) is 6.35. The summed E-state index contributed by atoms with van der Waals surface area (Å²) in [5.74, 6) is 1.56. The first-order valence-electron chi connectivity index (χ1n) is 14.4. The Labute approximate surface area is 252 Å². The lowest BCUT2D eigenvalue weighted by atomic mass is 10.1. The van der Waals surface area contributed by atoms with Gasteiger partial charge in [0.15, 0.2) is 5.84 Å². The Morgan fingerprint density at radius 1 is 1.07 bits per heavy atom. The Kier molecular flexibility index (Phi) is 8.63. The highest BCUT2D eigenvalue weighted by atomic mass is 16.5. The molecule has 1 aliphatic carbocycles. The normalized spacial score (nSPS) is 17.3. The molecule has 1 aliphatic heterocycles.